The number of hydrogen-bond donors (Lipinski definition) is 0. The molecule has 1 aliphatic carbocycles. The van der Waals surface area contributed by atoms with Gasteiger partial charge in [0, 0.05) is 13.2 Å². The van der Waals surface area contributed by atoms with Crippen LogP contribution in [0.2, 0.25) is 5.02 Å². The van der Waals surface area contributed by atoms with Gasteiger partial charge in [-0.1, -0.05) is 37.8 Å². The summed E-state index contributed by atoms with van der Waals surface area (Å²) in [4.78, 5) is 12.9. The maximum atomic E-state index is 12.9. The Morgan fingerprint density at radius 1 is 1.43 bits per heavy atom. The molecular formula is C16H25ClN2O2. The summed E-state index contributed by atoms with van der Waals surface area (Å²) < 4.78 is 7.53. The van der Waals surface area contributed by atoms with Gasteiger partial charge in [-0.25, -0.2) is 0 Å². The third kappa shape index (κ3) is 3.86. The molecule has 2 rings (SSSR count). The van der Waals surface area contributed by atoms with Gasteiger partial charge >= 0.3 is 0 Å². The van der Waals surface area contributed by atoms with E-state index in [1.807, 2.05) is 6.92 Å². The second-order valence-corrected chi connectivity index (χ2v) is 6.11. The van der Waals surface area contributed by atoms with Crippen LogP contribution in [0.4, 0.5) is 0 Å². The number of ketones is 1. The molecule has 0 spiro atoms. The molecule has 1 heterocycles. The minimum Gasteiger partial charge on any atom is -0.370 e. The summed E-state index contributed by atoms with van der Waals surface area (Å²) in [6.45, 7) is 5.25. The SMILES string of the molecule is CCCn1ncc(Cl)c1C(=O)C(OCC)C1CCCCC1. The van der Waals surface area contributed by atoms with Gasteiger partial charge in [0.1, 0.15) is 11.8 Å². The number of nitrogens with zero attached hydrogens (tertiary/aromatic N) is 2. The Morgan fingerprint density at radius 3 is 2.76 bits per heavy atom. The average molecular weight is 313 g/mol. The van der Waals surface area contributed by atoms with Gasteiger partial charge in [0.25, 0.3) is 0 Å². The molecule has 5 heteroatoms. The highest BCUT2D eigenvalue weighted by atomic mass is 35.5. The third-order valence-corrected chi connectivity index (χ3v) is 4.42. The fraction of sp³-hybridized carbons (Fsp3) is 0.750. The predicted octanol–water partition coefficient (Wildman–Crippen LogP) is 4.11. The van der Waals surface area contributed by atoms with Gasteiger partial charge < -0.3 is 4.74 Å². The summed E-state index contributed by atoms with van der Waals surface area (Å²) in [7, 11) is 0. The topological polar surface area (TPSA) is 44.1 Å². The monoisotopic (exact) mass is 312 g/mol. The molecule has 4 nitrogen and oxygen atoms in total. The zero-order chi connectivity index (χ0) is 15.2. The van der Waals surface area contributed by atoms with Gasteiger partial charge in [-0.2, -0.15) is 5.10 Å². The lowest BCUT2D eigenvalue weighted by molar-refractivity contribution is 0.0119. The summed E-state index contributed by atoms with van der Waals surface area (Å²) in [5.74, 6) is 0.312. The Kier molecular flexibility index (Phi) is 6.24. The smallest absolute Gasteiger partial charge is 0.211 e. The number of Topliss-reactive ketones (excluding diaryl/α,β-unsaturated/α-hetero) is 1. The van der Waals surface area contributed by atoms with Crippen LogP contribution in [0.15, 0.2) is 6.20 Å². The Labute approximate surface area is 131 Å². The van der Waals surface area contributed by atoms with Crippen molar-refractivity contribution in [2.24, 2.45) is 5.92 Å². The van der Waals surface area contributed by atoms with Crippen LogP contribution in [0.1, 0.15) is 62.9 Å². The van der Waals surface area contributed by atoms with Crippen LogP contribution in [0.25, 0.3) is 0 Å². The van der Waals surface area contributed by atoms with E-state index in [9.17, 15) is 4.79 Å². The molecule has 21 heavy (non-hydrogen) atoms. The molecular weight excluding hydrogens is 288 g/mol. The van der Waals surface area contributed by atoms with Gasteiger partial charge in [0.05, 0.1) is 11.2 Å². The predicted molar refractivity (Wildman–Crippen MR) is 83.8 cm³/mol. The summed E-state index contributed by atoms with van der Waals surface area (Å²) in [6.07, 6.45) is 7.87. The molecule has 0 bridgehead atoms. The highest BCUT2D eigenvalue weighted by Gasteiger charge is 2.33. The van der Waals surface area contributed by atoms with Crippen molar-refractivity contribution in [3.05, 3.63) is 16.9 Å². The van der Waals surface area contributed by atoms with E-state index in [0.29, 0.717) is 29.8 Å². The first-order valence-electron chi connectivity index (χ1n) is 8.06. The first-order valence-corrected chi connectivity index (χ1v) is 8.43. The van der Waals surface area contributed by atoms with Crippen molar-refractivity contribution in [1.82, 2.24) is 9.78 Å². The Balaban J connectivity index is 2.23. The Morgan fingerprint density at radius 2 is 2.14 bits per heavy atom. The standard InChI is InChI=1S/C16H25ClN2O2/c1-3-10-19-14(13(17)11-18-19)15(20)16(21-4-2)12-8-6-5-7-9-12/h11-12,16H,3-10H2,1-2H3. The van der Waals surface area contributed by atoms with E-state index in [2.05, 4.69) is 12.0 Å². The first-order chi connectivity index (χ1) is 10.2. The van der Waals surface area contributed by atoms with E-state index in [1.165, 1.54) is 19.3 Å². The van der Waals surface area contributed by atoms with E-state index in [-0.39, 0.29) is 11.9 Å². The van der Waals surface area contributed by atoms with Crippen LogP contribution in [-0.4, -0.2) is 28.3 Å². The molecule has 0 saturated heterocycles. The summed E-state index contributed by atoms with van der Waals surface area (Å²) >= 11 is 6.20. The lowest BCUT2D eigenvalue weighted by Gasteiger charge is -2.29. The molecule has 0 aromatic carbocycles. The summed E-state index contributed by atoms with van der Waals surface area (Å²) in [5, 5.41) is 4.66. The highest BCUT2D eigenvalue weighted by molar-refractivity contribution is 6.33. The van der Waals surface area contributed by atoms with Gasteiger partial charge in [0.2, 0.25) is 5.78 Å². The van der Waals surface area contributed by atoms with Crippen molar-refractivity contribution in [2.75, 3.05) is 6.61 Å². The minimum atomic E-state index is -0.375. The summed E-state index contributed by atoms with van der Waals surface area (Å²) in [5.41, 5.74) is 0.516. The molecule has 0 amide bonds. The second-order valence-electron chi connectivity index (χ2n) is 5.70. The van der Waals surface area contributed by atoms with Crippen LogP contribution in [0, 0.1) is 5.92 Å². The molecule has 1 atom stereocenters. The number of carbonyl (C=O) groups is 1. The van der Waals surface area contributed by atoms with Crippen LogP contribution >= 0.6 is 11.6 Å². The van der Waals surface area contributed by atoms with Gasteiger partial charge in [-0.15, -0.1) is 0 Å². The fourth-order valence-electron chi connectivity index (χ4n) is 3.17. The molecule has 1 fully saturated rings. The van der Waals surface area contributed by atoms with E-state index >= 15 is 0 Å². The van der Waals surface area contributed by atoms with Gasteiger partial charge in [-0.05, 0) is 32.1 Å². The minimum absolute atomic E-state index is 0.000278. The lowest BCUT2D eigenvalue weighted by atomic mass is 9.83. The highest BCUT2D eigenvalue weighted by Crippen LogP contribution is 2.31. The molecule has 1 unspecified atom stereocenters. The van der Waals surface area contributed by atoms with Gasteiger partial charge in [-0.3, -0.25) is 9.48 Å². The quantitative estimate of drug-likeness (QED) is 0.711. The number of halogens is 1. The van der Waals surface area contributed by atoms with E-state index < -0.39 is 0 Å². The second kappa shape index (κ2) is 7.95. The van der Waals surface area contributed by atoms with Crippen LogP contribution in [-0.2, 0) is 11.3 Å². The van der Waals surface area contributed by atoms with Crippen LogP contribution in [0.3, 0.4) is 0 Å². The van der Waals surface area contributed by atoms with Crippen molar-refractivity contribution in [2.45, 2.75) is 65.0 Å². The first kappa shape index (κ1) is 16.5. The maximum Gasteiger partial charge on any atom is 0.211 e. The van der Waals surface area contributed by atoms with E-state index in [1.54, 1.807) is 10.9 Å². The largest absolute Gasteiger partial charge is 0.370 e. The van der Waals surface area contributed by atoms with Crippen molar-refractivity contribution >= 4 is 17.4 Å². The molecule has 1 aromatic rings. The van der Waals surface area contributed by atoms with Crippen molar-refractivity contribution < 1.29 is 9.53 Å². The Bertz CT molecular complexity index is 467. The molecule has 0 N–H and O–H groups in total. The maximum absolute atomic E-state index is 12.9. The normalized spacial score (nSPS) is 17.9. The number of aryl methyl sites for hydroxylation is 1. The Hall–Kier alpha value is -0.870. The van der Waals surface area contributed by atoms with Crippen LogP contribution in [0.5, 0.6) is 0 Å². The number of aromatic nitrogens is 2. The van der Waals surface area contributed by atoms with Crippen molar-refractivity contribution in [1.29, 1.82) is 0 Å². The van der Waals surface area contributed by atoms with E-state index in [4.69, 9.17) is 16.3 Å². The fourth-order valence-corrected chi connectivity index (χ4v) is 3.40. The zero-order valence-electron chi connectivity index (χ0n) is 13.0. The number of carbonyl (C=O) groups excluding carboxylic acids is 1. The van der Waals surface area contributed by atoms with Crippen molar-refractivity contribution in [3.8, 4) is 0 Å². The molecule has 1 saturated carbocycles. The number of ether oxygens (including phenoxy) is 1. The van der Waals surface area contributed by atoms with Crippen molar-refractivity contribution in [3.63, 3.8) is 0 Å². The van der Waals surface area contributed by atoms with Crippen LogP contribution < -0.4 is 0 Å². The number of rotatable bonds is 7. The van der Waals surface area contributed by atoms with E-state index in [0.717, 1.165) is 19.3 Å². The molecule has 1 aliphatic rings. The third-order valence-electron chi connectivity index (χ3n) is 4.15. The lowest BCUT2D eigenvalue weighted by Crippen LogP contribution is -2.35. The molecule has 1 aromatic heterocycles. The summed E-state index contributed by atoms with van der Waals surface area (Å²) in [6, 6.07) is 0. The average Bonchev–Trinajstić information content (AvgIpc) is 2.86. The number of hydrogen-bond acceptors (Lipinski definition) is 3. The van der Waals surface area contributed by atoms with Gasteiger partial charge in [0.15, 0.2) is 0 Å². The zero-order valence-corrected chi connectivity index (χ0v) is 13.7. The molecule has 0 radical (unpaired) electrons. The molecule has 0 aliphatic heterocycles. The molecule has 118 valence electrons.